The summed E-state index contributed by atoms with van der Waals surface area (Å²) in [6.45, 7) is 0.673. The van der Waals surface area contributed by atoms with Gasteiger partial charge in [-0.3, -0.25) is 0 Å². The summed E-state index contributed by atoms with van der Waals surface area (Å²) in [4.78, 5) is 0. The number of rotatable bonds is 3. The van der Waals surface area contributed by atoms with Gasteiger partial charge in [-0.1, -0.05) is 23.7 Å². The van der Waals surface area contributed by atoms with Crippen LogP contribution in [0.25, 0.3) is 0 Å². The lowest BCUT2D eigenvalue weighted by molar-refractivity contribution is 1.15. The van der Waals surface area contributed by atoms with Gasteiger partial charge in [0.25, 0.3) is 0 Å². The van der Waals surface area contributed by atoms with Crippen molar-refractivity contribution in [3.8, 4) is 6.07 Å². The lowest BCUT2D eigenvalue weighted by Crippen LogP contribution is -2.00. The third-order valence-corrected chi connectivity index (χ3v) is 2.84. The maximum Gasteiger partial charge on any atom is 0.101 e. The molecule has 4 heteroatoms. The SMILES string of the molecule is N#Cc1cc(NCc2ccc(Cl)cc2)ccc1N. The van der Waals surface area contributed by atoms with Crippen LogP contribution in [0.4, 0.5) is 11.4 Å². The number of anilines is 2. The van der Waals surface area contributed by atoms with Crippen LogP contribution in [0.5, 0.6) is 0 Å². The number of nitrogens with two attached hydrogens (primary N) is 1. The fraction of sp³-hybridized carbons (Fsp3) is 0.0714. The highest BCUT2D eigenvalue weighted by Gasteiger charge is 2.00. The molecule has 0 saturated heterocycles. The Labute approximate surface area is 111 Å². The average Bonchev–Trinajstić information content (AvgIpc) is 2.39. The standard InChI is InChI=1S/C14H12ClN3/c15-12-3-1-10(2-4-12)9-18-13-5-6-14(17)11(7-13)8-16/h1-7,18H,9,17H2. The predicted octanol–water partition coefficient (Wildman–Crippen LogP) is 3.41. The van der Waals surface area contributed by atoms with E-state index in [1.54, 1.807) is 12.1 Å². The number of nitrogens with one attached hydrogen (secondary N) is 1. The molecule has 0 saturated carbocycles. The number of nitrogens with zero attached hydrogens (tertiary/aromatic N) is 1. The molecule has 0 amide bonds. The van der Waals surface area contributed by atoms with Crippen LogP contribution < -0.4 is 11.1 Å². The molecule has 0 fully saturated rings. The smallest absolute Gasteiger partial charge is 0.101 e. The molecule has 0 bridgehead atoms. The topological polar surface area (TPSA) is 61.8 Å². The van der Waals surface area contributed by atoms with Crippen molar-refractivity contribution in [1.29, 1.82) is 5.26 Å². The van der Waals surface area contributed by atoms with Gasteiger partial charge in [0.05, 0.1) is 5.56 Å². The van der Waals surface area contributed by atoms with Gasteiger partial charge in [-0.25, -0.2) is 0 Å². The van der Waals surface area contributed by atoms with E-state index in [0.717, 1.165) is 16.3 Å². The largest absolute Gasteiger partial charge is 0.398 e. The molecular formula is C14H12ClN3. The minimum Gasteiger partial charge on any atom is -0.398 e. The molecule has 0 heterocycles. The third-order valence-electron chi connectivity index (χ3n) is 2.58. The Bertz CT molecular complexity index is 585. The van der Waals surface area contributed by atoms with Gasteiger partial charge in [0.2, 0.25) is 0 Å². The van der Waals surface area contributed by atoms with Gasteiger partial charge in [-0.2, -0.15) is 5.26 Å². The van der Waals surface area contributed by atoms with Crippen LogP contribution in [-0.4, -0.2) is 0 Å². The molecule has 0 aliphatic carbocycles. The van der Waals surface area contributed by atoms with Crippen LogP contribution in [0.1, 0.15) is 11.1 Å². The number of hydrogen-bond donors (Lipinski definition) is 2. The average molecular weight is 258 g/mol. The molecule has 18 heavy (non-hydrogen) atoms. The first-order valence-electron chi connectivity index (χ1n) is 5.47. The van der Waals surface area contributed by atoms with Gasteiger partial charge < -0.3 is 11.1 Å². The normalized spacial score (nSPS) is 9.78. The monoisotopic (exact) mass is 257 g/mol. The first kappa shape index (κ1) is 12.3. The number of hydrogen-bond acceptors (Lipinski definition) is 3. The lowest BCUT2D eigenvalue weighted by atomic mass is 10.1. The Kier molecular flexibility index (Phi) is 3.71. The molecule has 0 spiro atoms. The Morgan fingerprint density at radius 2 is 1.89 bits per heavy atom. The van der Waals surface area contributed by atoms with Crippen LogP contribution in [-0.2, 0) is 6.54 Å². The van der Waals surface area contributed by atoms with Crippen LogP contribution >= 0.6 is 11.6 Å². The van der Waals surface area contributed by atoms with Gasteiger partial charge in [0, 0.05) is 22.9 Å². The van der Waals surface area contributed by atoms with Crippen molar-refractivity contribution in [3.63, 3.8) is 0 Å². The first-order chi connectivity index (χ1) is 8.69. The number of halogens is 1. The minimum atomic E-state index is 0.483. The number of nitrogen functional groups attached to an aromatic ring is 1. The summed E-state index contributed by atoms with van der Waals surface area (Å²) in [5.41, 5.74) is 8.63. The van der Waals surface area contributed by atoms with Crippen LogP contribution in [0.15, 0.2) is 42.5 Å². The predicted molar refractivity (Wildman–Crippen MR) is 74.3 cm³/mol. The van der Waals surface area contributed by atoms with E-state index in [4.69, 9.17) is 22.6 Å². The summed E-state index contributed by atoms with van der Waals surface area (Å²) >= 11 is 5.82. The highest BCUT2D eigenvalue weighted by molar-refractivity contribution is 6.30. The Morgan fingerprint density at radius 3 is 2.56 bits per heavy atom. The van der Waals surface area contributed by atoms with E-state index in [1.165, 1.54) is 0 Å². The molecule has 90 valence electrons. The molecule has 2 aromatic rings. The van der Waals surface area contributed by atoms with Crippen LogP contribution in [0.3, 0.4) is 0 Å². The van der Waals surface area contributed by atoms with E-state index in [-0.39, 0.29) is 0 Å². The van der Waals surface area contributed by atoms with E-state index >= 15 is 0 Å². The molecule has 2 rings (SSSR count). The summed E-state index contributed by atoms with van der Waals surface area (Å²) in [7, 11) is 0. The summed E-state index contributed by atoms with van der Waals surface area (Å²) in [6, 6.07) is 15.0. The quantitative estimate of drug-likeness (QED) is 0.829. The molecular weight excluding hydrogens is 246 g/mol. The zero-order chi connectivity index (χ0) is 13.0. The Hall–Kier alpha value is -2.18. The summed E-state index contributed by atoms with van der Waals surface area (Å²) in [5, 5.41) is 12.8. The van der Waals surface area contributed by atoms with Crippen LogP contribution in [0, 0.1) is 11.3 Å². The second-order valence-electron chi connectivity index (χ2n) is 3.89. The maximum absolute atomic E-state index is 8.89. The van der Waals surface area contributed by atoms with Gasteiger partial charge in [0.1, 0.15) is 6.07 Å². The minimum absolute atomic E-state index is 0.483. The van der Waals surface area contributed by atoms with Crippen molar-refractivity contribution in [2.45, 2.75) is 6.54 Å². The molecule has 0 atom stereocenters. The van der Waals surface area contributed by atoms with E-state index in [0.29, 0.717) is 17.8 Å². The van der Waals surface area contributed by atoms with Gasteiger partial charge in [-0.05, 0) is 35.9 Å². The summed E-state index contributed by atoms with van der Waals surface area (Å²) in [5.74, 6) is 0. The van der Waals surface area contributed by atoms with Crippen molar-refractivity contribution in [3.05, 3.63) is 58.6 Å². The van der Waals surface area contributed by atoms with E-state index in [9.17, 15) is 0 Å². The number of nitriles is 1. The molecule has 0 aromatic heterocycles. The second kappa shape index (κ2) is 5.44. The van der Waals surface area contributed by atoms with E-state index < -0.39 is 0 Å². The maximum atomic E-state index is 8.89. The Morgan fingerprint density at radius 1 is 1.17 bits per heavy atom. The summed E-state index contributed by atoms with van der Waals surface area (Å²) in [6.07, 6.45) is 0. The van der Waals surface area contributed by atoms with Crippen molar-refractivity contribution >= 4 is 23.0 Å². The molecule has 0 unspecified atom stereocenters. The van der Waals surface area contributed by atoms with E-state index in [1.807, 2.05) is 30.3 Å². The van der Waals surface area contributed by atoms with Crippen molar-refractivity contribution in [2.24, 2.45) is 0 Å². The van der Waals surface area contributed by atoms with Crippen LogP contribution in [0.2, 0.25) is 5.02 Å². The first-order valence-corrected chi connectivity index (χ1v) is 5.85. The molecule has 0 aliphatic rings. The van der Waals surface area contributed by atoms with Gasteiger partial charge >= 0.3 is 0 Å². The zero-order valence-electron chi connectivity index (χ0n) is 9.65. The molecule has 0 aliphatic heterocycles. The molecule has 3 nitrogen and oxygen atoms in total. The van der Waals surface area contributed by atoms with Crippen molar-refractivity contribution in [2.75, 3.05) is 11.1 Å². The third kappa shape index (κ3) is 2.93. The highest BCUT2D eigenvalue weighted by atomic mass is 35.5. The van der Waals surface area contributed by atoms with Crippen molar-refractivity contribution in [1.82, 2.24) is 0 Å². The molecule has 0 radical (unpaired) electrons. The number of benzene rings is 2. The molecule has 3 N–H and O–H groups in total. The highest BCUT2D eigenvalue weighted by Crippen LogP contribution is 2.18. The molecule has 2 aromatic carbocycles. The fourth-order valence-corrected chi connectivity index (χ4v) is 1.70. The Balaban J connectivity index is 2.06. The van der Waals surface area contributed by atoms with Gasteiger partial charge in [0.15, 0.2) is 0 Å². The van der Waals surface area contributed by atoms with Gasteiger partial charge in [-0.15, -0.1) is 0 Å². The van der Waals surface area contributed by atoms with Crippen molar-refractivity contribution < 1.29 is 0 Å². The summed E-state index contributed by atoms with van der Waals surface area (Å²) < 4.78 is 0. The van der Waals surface area contributed by atoms with E-state index in [2.05, 4.69) is 11.4 Å². The zero-order valence-corrected chi connectivity index (χ0v) is 10.4. The second-order valence-corrected chi connectivity index (χ2v) is 4.33. The fourth-order valence-electron chi connectivity index (χ4n) is 1.57. The lowest BCUT2D eigenvalue weighted by Gasteiger charge is -2.08.